The molecule has 0 radical (unpaired) electrons. The molecular formula is C19H24N2O6S. The molecular weight excluding hydrogens is 384 g/mol. The van der Waals surface area contributed by atoms with Crippen LogP contribution in [0, 0.1) is 6.92 Å². The normalized spacial score (nSPS) is 11.2. The Bertz CT molecular complexity index is 959. The number of benzene rings is 2. The molecule has 1 amide bonds. The van der Waals surface area contributed by atoms with E-state index in [0.717, 1.165) is 4.31 Å². The van der Waals surface area contributed by atoms with Gasteiger partial charge in [-0.05, 0) is 42.8 Å². The van der Waals surface area contributed by atoms with Crippen LogP contribution in [0.4, 0.5) is 5.69 Å². The number of carbonyl (C=O) groups excluding carboxylic acids is 1. The third kappa shape index (κ3) is 4.73. The number of aryl methyl sites for hydroxylation is 1. The maximum Gasteiger partial charge on any atom is 0.243 e. The summed E-state index contributed by atoms with van der Waals surface area (Å²) in [4.78, 5) is 12.4. The molecule has 0 heterocycles. The van der Waals surface area contributed by atoms with E-state index in [0.29, 0.717) is 28.5 Å². The van der Waals surface area contributed by atoms with Crippen molar-refractivity contribution < 1.29 is 27.4 Å². The van der Waals surface area contributed by atoms with Gasteiger partial charge in [-0.25, -0.2) is 8.42 Å². The molecule has 28 heavy (non-hydrogen) atoms. The van der Waals surface area contributed by atoms with Crippen LogP contribution in [-0.2, 0) is 14.8 Å². The van der Waals surface area contributed by atoms with Crippen LogP contribution >= 0.6 is 0 Å². The van der Waals surface area contributed by atoms with E-state index >= 15 is 0 Å². The lowest BCUT2D eigenvalue weighted by Gasteiger charge is -2.18. The van der Waals surface area contributed by atoms with Crippen LogP contribution in [0.1, 0.15) is 5.56 Å². The largest absolute Gasteiger partial charge is 0.496 e. The number of rotatable bonds is 8. The molecule has 2 rings (SSSR count). The fourth-order valence-corrected chi connectivity index (χ4v) is 3.81. The summed E-state index contributed by atoms with van der Waals surface area (Å²) in [5.74, 6) is 1.08. The second-order valence-corrected chi connectivity index (χ2v) is 8.06. The van der Waals surface area contributed by atoms with Crippen molar-refractivity contribution in [3.8, 4) is 17.2 Å². The van der Waals surface area contributed by atoms with Crippen molar-refractivity contribution in [2.75, 3.05) is 40.2 Å². The van der Waals surface area contributed by atoms with Gasteiger partial charge in [-0.15, -0.1) is 0 Å². The van der Waals surface area contributed by atoms with Crippen LogP contribution in [0.15, 0.2) is 41.3 Å². The average molecular weight is 408 g/mol. The number of nitrogens with zero attached hydrogens (tertiary/aromatic N) is 1. The number of likely N-dealkylation sites (N-methyl/N-ethyl adjacent to an activating group) is 1. The number of anilines is 1. The second kappa shape index (κ2) is 8.94. The fourth-order valence-electron chi connectivity index (χ4n) is 2.59. The number of amides is 1. The summed E-state index contributed by atoms with van der Waals surface area (Å²) in [7, 11) is 2.04. The predicted molar refractivity (Wildman–Crippen MR) is 106 cm³/mol. The lowest BCUT2D eigenvalue weighted by Crippen LogP contribution is -2.35. The minimum Gasteiger partial charge on any atom is -0.496 e. The van der Waals surface area contributed by atoms with Gasteiger partial charge in [-0.1, -0.05) is 0 Å². The van der Waals surface area contributed by atoms with Gasteiger partial charge in [-0.2, -0.15) is 4.31 Å². The van der Waals surface area contributed by atoms with Crippen LogP contribution in [-0.4, -0.2) is 53.6 Å². The first kappa shape index (κ1) is 21.5. The molecule has 0 aliphatic rings. The minimum atomic E-state index is -3.83. The predicted octanol–water partition coefficient (Wildman–Crippen LogP) is 2.28. The summed E-state index contributed by atoms with van der Waals surface area (Å²) in [6.45, 7) is 1.41. The van der Waals surface area contributed by atoms with Crippen LogP contribution in [0.25, 0.3) is 0 Å². The molecule has 0 bridgehead atoms. The summed E-state index contributed by atoms with van der Waals surface area (Å²) in [5, 5.41) is 2.65. The van der Waals surface area contributed by atoms with E-state index in [4.69, 9.17) is 14.2 Å². The van der Waals surface area contributed by atoms with E-state index < -0.39 is 15.9 Å². The molecule has 0 fully saturated rings. The second-order valence-electron chi connectivity index (χ2n) is 6.01. The number of ether oxygens (including phenoxy) is 3. The fraction of sp³-hybridized carbons (Fsp3) is 0.316. The summed E-state index contributed by atoms with van der Waals surface area (Å²) in [5.41, 5.74) is 1.15. The van der Waals surface area contributed by atoms with Crippen molar-refractivity contribution in [1.29, 1.82) is 0 Å². The van der Waals surface area contributed by atoms with Gasteiger partial charge in [0, 0.05) is 18.8 Å². The van der Waals surface area contributed by atoms with Crippen LogP contribution in [0.5, 0.6) is 17.2 Å². The summed E-state index contributed by atoms with van der Waals surface area (Å²) >= 11 is 0. The van der Waals surface area contributed by atoms with Crippen molar-refractivity contribution >= 4 is 21.6 Å². The number of nitrogens with one attached hydrogen (secondary N) is 1. The highest BCUT2D eigenvalue weighted by Gasteiger charge is 2.24. The van der Waals surface area contributed by atoms with Gasteiger partial charge in [0.1, 0.15) is 5.75 Å². The molecule has 0 saturated heterocycles. The molecule has 152 valence electrons. The molecule has 0 atom stereocenters. The SMILES string of the molecule is COc1ccc(S(=O)(=O)N(C)CC(=O)Nc2ccc(OC)c(OC)c2)cc1C. The molecule has 8 nitrogen and oxygen atoms in total. The smallest absolute Gasteiger partial charge is 0.243 e. The first-order valence-corrected chi connectivity index (χ1v) is 9.79. The molecule has 0 aliphatic carbocycles. The van der Waals surface area contributed by atoms with E-state index in [1.54, 1.807) is 31.2 Å². The number of sulfonamides is 1. The highest BCUT2D eigenvalue weighted by molar-refractivity contribution is 7.89. The van der Waals surface area contributed by atoms with Gasteiger partial charge < -0.3 is 19.5 Å². The van der Waals surface area contributed by atoms with Gasteiger partial charge >= 0.3 is 0 Å². The first-order valence-electron chi connectivity index (χ1n) is 8.35. The van der Waals surface area contributed by atoms with Gasteiger partial charge in [-0.3, -0.25) is 4.79 Å². The Morgan fingerprint density at radius 3 is 2.14 bits per heavy atom. The highest BCUT2D eigenvalue weighted by Crippen LogP contribution is 2.29. The van der Waals surface area contributed by atoms with Crippen molar-refractivity contribution in [3.63, 3.8) is 0 Å². The molecule has 9 heteroatoms. The molecule has 0 aliphatic heterocycles. The molecule has 0 spiro atoms. The Morgan fingerprint density at radius 2 is 1.57 bits per heavy atom. The monoisotopic (exact) mass is 408 g/mol. The van der Waals surface area contributed by atoms with Gasteiger partial charge in [0.25, 0.3) is 0 Å². The van der Waals surface area contributed by atoms with Crippen LogP contribution < -0.4 is 19.5 Å². The zero-order chi connectivity index (χ0) is 20.9. The number of methoxy groups -OCH3 is 3. The zero-order valence-corrected chi connectivity index (χ0v) is 17.3. The van der Waals surface area contributed by atoms with E-state index in [9.17, 15) is 13.2 Å². The number of hydrogen-bond donors (Lipinski definition) is 1. The van der Waals surface area contributed by atoms with Crippen LogP contribution in [0.2, 0.25) is 0 Å². The third-order valence-electron chi connectivity index (χ3n) is 4.11. The maximum atomic E-state index is 12.7. The topological polar surface area (TPSA) is 94.2 Å². The highest BCUT2D eigenvalue weighted by atomic mass is 32.2. The summed E-state index contributed by atoms with van der Waals surface area (Å²) < 4.78 is 41.9. The Kier molecular flexibility index (Phi) is 6.87. The lowest BCUT2D eigenvalue weighted by molar-refractivity contribution is -0.116. The zero-order valence-electron chi connectivity index (χ0n) is 16.5. The van der Waals surface area contributed by atoms with Crippen molar-refractivity contribution in [1.82, 2.24) is 4.31 Å². The maximum absolute atomic E-state index is 12.7. The van der Waals surface area contributed by atoms with E-state index in [2.05, 4.69) is 5.32 Å². The summed E-state index contributed by atoms with van der Waals surface area (Å²) in [6, 6.07) is 9.42. The van der Waals surface area contributed by atoms with Gasteiger partial charge in [0.05, 0.1) is 32.8 Å². The van der Waals surface area contributed by atoms with Crippen molar-refractivity contribution in [2.24, 2.45) is 0 Å². The molecule has 0 aromatic heterocycles. The molecule has 2 aromatic carbocycles. The van der Waals surface area contributed by atoms with E-state index in [1.807, 2.05) is 0 Å². The van der Waals surface area contributed by atoms with Gasteiger partial charge in [0.2, 0.25) is 15.9 Å². The summed E-state index contributed by atoms with van der Waals surface area (Å²) in [6.07, 6.45) is 0. The Balaban J connectivity index is 2.12. The Labute approximate surface area is 165 Å². The van der Waals surface area contributed by atoms with Crippen molar-refractivity contribution in [3.05, 3.63) is 42.0 Å². The van der Waals surface area contributed by atoms with Crippen LogP contribution in [0.3, 0.4) is 0 Å². The Hall–Kier alpha value is -2.78. The molecule has 1 N–H and O–H groups in total. The van der Waals surface area contributed by atoms with E-state index in [1.165, 1.54) is 40.5 Å². The average Bonchev–Trinajstić information content (AvgIpc) is 2.67. The van der Waals surface area contributed by atoms with Gasteiger partial charge in [0.15, 0.2) is 11.5 Å². The standard InChI is InChI=1S/C19H24N2O6S/c1-13-10-15(7-9-16(13)25-3)28(23,24)21(2)12-19(22)20-14-6-8-17(26-4)18(11-14)27-5/h6-11H,12H2,1-5H3,(H,20,22). The number of carbonyl (C=O) groups is 1. The van der Waals surface area contributed by atoms with E-state index in [-0.39, 0.29) is 11.4 Å². The number of hydrogen-bond acceptors (Lipinski definition) is 6. The van der Waals surface area contributed by atoms with Crippen molar-refractivity contribution in [2.45, 2.75) is 11.8 Å². The third-order valence-corrected chi connectivity index (χ3v) is 5.91. The quantitative estimate of drug-likeness (QED) is 0.720. The Morgan fingerprint density at radius 1 is 0.964 bits per heavy atom. The molecule has 0 saturated carbocycles. The minimum absolute atomic E-state index is 0.0900. The first-order chi connectivity index (χ1) is 13.2. The molecule has 0 unspecified atom stereocenters. The molecule has 2 aromatic rings. The lowest BCUT2D eigenvalue weighted by atomic mass is 10.2.